The van der Waals surface area contributed by atoms with Crippen LogP contribution in [0.5, 0.6) is 0 Å². The highest BCUT2D eigenvalue weighted by atomic mass is 19.1. The topological polar surface area (TPSA) is 78.0 Å². The van der Waals surface area contributed by atoms with Gasteiger partial charge in [0.2, 0.25) is 0 Å². The molecule has 6 nitrogen and oxygen atoms in total. The van der Waals surface area contributed by atoms with Crippen molar-refractivity contribution in [3.8, 4) is 6.07 Å². The lowest BCUT2D eigenvalue weighted by atomic mass is 10.1. The number of benzene rings is 1. The molecule has 0 radical (unpaired) electrons. The van der Waals surface area contributed by atoms with E-state index >= 15 is 0 Å². The third-order valence-electron chi connectivity index (χ3n) is 4.48. The van der Waals surface area contributed by atoms with Crippen LogP contribution in [0.4, 0.5) is 4.39 Å². The average Bonchev–Trinajstić information content (AvgIpc) is 2.87. The molecule has 1 heterocycles. The summed E-state index contributed by atoms with van der Waals surface area (Å²) in [6.45, 7) is 8.99. The van der Waals surface area contributed by atoms with Crippen LogP contribution in [-0.2, 0) is 20.0 Å². The van der Waals surface area contributed by atoms with Crippen LogP contribution in [0.3, 0.4) is 0 Å². The highest BCUT2D eigenvalue weighted by molar-refractivity contribution is 5.80. The van der Waals surface area contributed by atoms with Gasteiger partial charge in [-0.1, -0.05) is 0 Å². The standard InChI is InChI=1S/C20H27FN6/c1-6-23-20(24-12-17-10-16(11-22)7-8-19(17)21)25-13(2)9-18-14(3)26-27(5)15(18)4/h7-8,10,13H,6,9,12H2,1-5H3,(H2,23,24,25). The number of aliphatic imine (C=N–C) groups is 1. The molecule has 0 amide bonds. The maximum atomic E-state index is 14.0. The van der Waals surface area contributed by atoms with Crippen molar-refractivity contribution in [2.45, 2.75) is 46.7 Å². The molecule has 0 aliphatic carbocycles. The van der Waals surface area contributed by atoms with E-state index < -0.39 is 0 Å². The predicted molar refractivity (Wildman–Crippen MR) is 105 cm³/mol. The Morgan fingerprint density at radius 3 is 2.74 bits per heavy atom. The monoisotopic (exact) mass is 370 g/mol. The first-order chi connectivity index (χ1) is 12.8. The summed E-state index contributed by atoms with van der Waals surface area (Å²) in [6.07, 6.45) is 0.814. The second-order valence-electron chi connectivity index (χ2n) is 6.64. The zero-order chi connectivity index (χ0) is 20.0. The van der Waals surface area contributed by atoms with Gasteiger partial charge in [-0.3, -0.25) is 4.68 Å². The van der Waals surface area contributed by atoms with E-state index in [1.165, 1.54) is 23.8 Å². The Labute approximate surface area is 160 Å². The third-order valence-corrected chi connectivity index (χ3v) is 4.48. The Morgan fingerprint density at radius 1 is 1.41 bits per heavy atom. The molecule has 0 saturated carbocycles. The first-order valence-electron chi connectivity index (χ1n) is 9.08. The summed E-state index contributed by atoms with van der Waals surface area (Å²) in [7, 11) is 1.94. The zero-order valence-corrected chi connectivity index (χ0v) is 16.6. The molecule has 2 aromatic rings. The SMILES string of the molecule is CCNC(=NCc1cc(C#N)ccc1F)NC(C)Cc1c(C)nn(C)c1C. The van der Waals surface area contributed by atoms with Crippen LogP contribution in [0.2, 0.25) is 0 Å². The normalized spacial score (nSPS) is 12.6. The van der Waals surface area contributed by atoms with E-state index in [1.807, 2.05) is 31.6 Å². The maximum absolute atomic E-state index is 14.0. The minimum Gasteiger partial charge on any atom is -0.357 e. The Balaban J connectivity index is 2.10. The molecular formula is C20H27FN6. The van der Waals surface area contributed by atoms with Gasteiger partial charge in [-0.2, -0.15) is 10.4 Å². The lowest BCUT2D eigenvalue weighted by Crippen LogP contribution is -2.43. The highest BCUT2D eigenvalue weighted by Crippen LogP contribution is 2.14. The summed E-state index contributed by atoms with van der Waals surface area (Å²) in [5, 5.41) is 20.0. The third kappa shape index (κ3) is 5.30. The molecule has 27 heavy (non-hydrogen) atoms. The van der Waals surface area contributed by atoms with Crippen molar-refractivity contribution >= 4 is 5.96 Å². The zero-order valence-electron chi connectivity index (χ0n) is 16.6. The number of nitriles is 1. The number of rotatable bonds is 6. The fraction of sp³-hybridized carbons (Fsp3) is 0.450. The molecule has 0 aliphatic heterocycles. The highest BCUT2D eigenvalue weighted by Gasteiger charge is 2.14. The van der Waals surface area contributed by atoms with Crippen molar-refractivity contribution in [3.05, 3.63) is 52.1 Å². The minimum absolute atomic E-state index is 0.125. The lowest BCUT2D eigenvalue weighted by molar-refractivity contribution is 0.607. The maximum Gasteiger partial charge on any atom is 0.191 e. The van der Waals surface area contributed by atoms with E-state index in [1.54, 1.807) is 0 Å². The largest absolute Gasteiger partial charge is 0.357 e. The van der Waals surface area contributed by atoms with Gasteiger partial charge in [0.1, 0.15) is 5.82 Å². The molecule has 1 atom stereocenters. The molecule has 1 aromatic carbocycles. The van der Waals surface area contributed by atoms with E-state index in [0.717, 1.165) is 17.8 Å². The molecule has 0 saturated heterocycles. The number of nitrogens with zero attached hydrogens (tertiary/aromatic N) is 4. The summed E-state index contributed by atoms with van der Waals surface area (Å²) >= 11 is 0. The number of aryl methyl sites for hydroxylation is 2. The molecule has 2 N–H and O–H groups in total. The fourth-order valence-corrected chi connectivity index (χ4v) is 2.95. The Hall–Kier alpha value is -2.88. The van der Waals surface area contributed by atoms with Crippen molar-refractivity contribution in [2.24, 2.45) is 12.0 Å². The Kier molecular flexibility index (Phi) is 6.94. The van der Waals surface area contributed by atoms with Crippen molar-refractivity contribution in [1.29, 1.82) is 5.26 Å². The van der Waals surface area contributed by atoms with Gasteiger partial charge < -0.3 is 10.6 Å². The van der Waals surface area contributed by atoms with Crippen molar-refractivity contribution in [3.63, 3.8) is 0 Å². The first kappa shape index (κ1) is 20.4. The van der Waals surface area contributed by atoms with E-state index in [0.29, 0.717) is 23.6 Å². The van der Waals surface area contributed by atoms with E-state index in [9.17, 15) is 4.39 Å². The van der Waals surface area contributed by atoms with Gasteiger partial charge in [-0.15, -0.1) is 0 Å². The van der Waals surface area contributed by atoms with Crippen LogP contribution in [0.15, 0.2) is 23.2 Å². The summed E-state index contributed by atoms with van der Waals surface area (Å²) in [5.74, 6) is 0.259. The predicted octanol–water partition coefficient (Wildman–Crippen LogP) is 2.73. The second kappa shape index (κ2) is 9.17. The first-order valence-corrected chi connectivity index (χ1v) is 9.08. The van der Waals surface area contributed by atoms with Crippen molar-refractivity contribution in [2.75, 3.05) is 6.54 Å². The fourth-order valence-electron chi connectivity index (χ4n) is 2.95. The van der Waals surface area contributed by atoms with Crippen LogP contribution < -0.4 is 10.6 Å². The number of nitrogens with one attached hydrogen (secondary N) is 2. The number of hydrogen-bond acceptors (Lipinski definition) is 3. The molecule has 0 spiro atoms. The smallest absolute Gasteiger partial charge is 0.191 e. The van der Waals surface area contributed by atoms with Crippen LogP contribution in [0.25, 0.3) is 0 Å². The van der Waals surface area contributed by atoms with Gasteiger partial charge in [0.25, 0.3) is 0 Å². The summed E-state index contributed by atoms with van der Waals surface area (Å²) in [4.78, 5) is 4.48. The van der Waals surface area contributed by atoms with Gasteiger partial charge in [-0.05, 0) is 57.9 Å². The van der Waals surface area contributed by atoms with Crippen LogP contribution in [0.1, 0.15) is 41.9 Å². The molecule has 0 aliphatic rings. The van der Waals surface area contributed by atoms with E-state index in [4.69, 9.17) is 5.26 Å². The van der Waals surface area contributed by atoms with Gasteiger partial charge in [0, 0.05) is 30.9 Å². The molecular weight excluding hydrogens is 343 g/mol. The quantitative estimate of drug-likeness (QED) is 0.605. The Morgan fingerprint density at radius 2 is 2.15 bits per heavy atom. The summed E-state index contributed by atoms with van der Waals surface area (Å²) in [5.41, 5.74) is 4.23. The summed E-state index contributed by atoms with van der Waals surface area (Å²) < 4.78 is 15.8. The van der Waals surface area contributed by atoms with E-state index in [-0.39, 0.29) is 18.4 Å². The number of guanidine groups is 1. The lowest BCUT2D eigenvalue weighted by Gasteiger charge is -2.18. The number of halogens is 1. The van der Waals surface area contributed by atoms with Gasteiger partial charge >= 0.3 is 0 Å². The summed E-state index contributed by atoms with van der Waals surface area (Å²) in [6, 6.07) is 6.46. The van der Waals surface area contributed by atoms with Crippen LogP contribution in [0, 0.1) is 31.0 Å². The van der Waals surface area contributed by atoms with Crippen LogP contribution >= 0.6 is 0 Å². The van der Waals surface area contributed by atoms with Crippen molar-refractivity contribution in [1.82, 2.24) is 20.4 Å². The number of hydrogen-bond donors (Lipinski definition) is 2. The van der Waals surface area contributed by atoms with Gasteiger partial charge in [0.15, 0.2) is 5.96 Å². The average molecular weight is 370 g/mol. The molecule has 2 rings (SSSR count). The number of aromatic nitrogens is 2. The van der Waals surface area contributed by atoms with Crippen LogP contribution in [-0.4, -0.2) is 28.3 Å². The van der Waals surface area contributed by atoms with Gasteiger partial charge in [0.05, 0.1) is 23.9 Å². The van der Waals surface area contributed by atoms with E-state index in [2.05, 4.69) is 34.6 Å². The molecule has 7 heteroatoms. The molecule has 0 fully saturated rings. The molecule has 1 unspecified atom stereocenters. The molecule has 144 valence electrons. The molecule has 0 bridgehead atoms. The second-order valence-corrected chi connectivity index (χ2v) is 6.64. The van der Waals surface area contributed by atoms with Gasteiger partial charge in [-0.25, -0.2) is 9.38 Å². The van der Waals surface area contributed by atoms with Crippen molar-refractivity contribution < 1.29 is 4.39 Å². The molecule has 1 aromatic heterocycles. The Bertz CT molecular complexity index is 862. The minimum atomic E-state index is -0.358.